The number of aliphatic hydroxyl groups is 1. The number of carboxylic acid groups (broad SMARTS) is 1. The molecule has 29 nitrogen and oxygen atoms in total. The van der Waals surface area contributed by atoms with Gasteiger partial charge in [-0.2, -0.15) is 0 Å². The van der Waals surface area contributed by atoms with Gasteiger partial charge in [-0.3, -0.25) is 48.1 Å². The van der Waals surface area contributed by atoms with Crippen LogP contribution in [0.25, 0.3) is 0 Å². The van der Waals surface area contributed by atoms with Crippen LogP contribution >= 0.6 is 0 Å². The number of carbonyl (C=O) groups is 10. The number of carbonyl (C=O) groups excluding carboxylic acids is 9. The van der Waals surface area contributed by atoms with Crippen molar-refractivity contribution in [3.63, 3.8) is 0 Å². The van der Waals surface area contributed by atoms with E-state index < -0.39 is 126 Å². The van der Waals surface area contributed by atoms with E-state index in [9.17, 15) is 58.2 Å². The van der Waals surface area contributed by atoms with E-state index in [-0.39, 0.29) is 82.6 Å². The van der Waals surface area contributed by atoms with Crippen LogP contribution in [0, 0.1) is 0 Å². The summed E-state index contributed by atoms with van der Waals surface area (Å²) in [7, 11) is 0. The molecule has 9 amide bonds. The molecular formula is C47H79N17O12. The zero-order chi connectivity index (χ0) is 56.9. The molecule has 0 aliphatic carbocycles. The Hall–Kier alpha value is -7.31. The van der Waals surface area contributed by atoms with Crippen molar-refractivity contribution >= 4 is 65.1 Å². The zero-order valence-corrected chi connectivity index (χ0v) is 42.9. The number of nitrogens with one attached hydrogen (secondary N) is 7. The maximum Gasteiger partial charge on any atom is 0.352 e. The van der Waals surface area contributed by atoms with Gasteiger partial charge in [0.15, 0.2) is 5.96 Å². The Morgan fingerprint density at radius 3 is 2.04 bits per heavy atom. The molecule has 1 heterocycles. The van der Waals surface area contributed by atoms with Gasteiger partial charge in [0.05, 0.1) is 18.7 Å². The molecule has 76 heavy (non-hydrogen) atoms. The number of aliphatic imine (C=N–C) groups is 1. The Bertz CT molecular complexity index is 2210. The Morgan fingerprint density at radius 1 is 0.763 bits per heavy atom. The predicted octanol–water partition coefficient (Wildman–Crippen LogP) is -6.73. The lowest BCUT2D eigenvalue weighted by Gasteiger charge is -2.30. The van der Waals surface area contributed by atoms with E-state index >= 15 is 0 Å². The first-order valence-corrected chi connectivity index (χ1v) is 25.1. The van der Waals surface area contributed by atoms with Gasteiger partial charge in [-0.1, -0.05) is 24.6 Å². The van der Waals surface area contributed by atoms with Gasteiger partial charge in [0, 0.05) is 31.6 Å². The highest BCUT2D eigenvalue weighted by Gasteiger charge is 2.40. The topological polar surface area (TPSA) is 519 Å². The van der Waals surface area contributed by atoms with E-state index in [1.165, 1.54) is 36.1 Å². The van der Waals surface area contributed by atoms with Crippen LogP contribution in [0.2, 0.25) is 0 Å². The van der Waals surface area contributed by atoms with Gasteiger partial charge in [-0.15, -0.1) is 0 Å². The van der Waals surface area contributed by atoms with Crippen LogP contribution < -0.4 is 83.1 Å². The molecule has 0 spiro atoms. The minimum absolute atomic E-state index is 0.00185. The SMILES string of the molecule is C[C@H](NC(=O)[C@@H](NC(=O)[C@@H](N)CCCCN)[C@@H](O)CN)C(=O)NCC(=O)N[C@H](CCCN)C(=O)N1CCC[C@H]1C(=O)N[C@@H](Cc1cccc(C(N)=O)c1)C(=O)N[C@@H](CCCCN)C(=O)N/C(=C\CCN=C(N)N)C(=O)O. The van der Waals surface area contributed by atoms with Gasteiger partial charge in [0.2, 0.25) is 53.2 Å². The fourth-order valence-electron chi connectivity index (χ4n) is 7.80. The van der Waals surface area contributed by atoms with Crippen molar-refractivity contribution in [3.8, 4) is 0 Å². The molecule has 25 N–H and O–H groups in total. The maximum absolute atomic E-state index is 14.3. The number of unbranched alkanes of at least 4 members (excludes halogenated alkanes) is 2. The average Bonchev–Trinajstić information content (AvgIpc) is 3.88. The molecule has 0 unspecified atom stereocenters. The van der Waals surface area contributed by atoms with Gasteiger partial charge in [-0.05, 0) is 108 Å². The monoisotopic (exact) mass is 1070 g/mol. The molecule has 0 saturated carbocycles. The molecule has 1 aliphatic heterocycles. The minimum Gasteiger partial charge on any atom is -0.477 e. The zero-order valence-electron chi connectivity index (χ0n) is 42.9. The number of nitrogens with zero attached hydrogens (tertiary/aromatic N) is 2. The number of primary amides is 1. The lowest BCUT2D eigenvalue weighted by Crippen LogP contribution is -2.60. The van der Waals surface area contributed by atoms with Crippen molar-refractivity contribution in [3.05, 3.63) is 47.2 Å². The third kappa shape index (κ3) is 22.7. The molecular weight excluding hydrogens is 995 g/mol. The van der Waals surface area contributed by atoms with E-state index in [2.05, 4.69) is 42.2 Å². The highest BCUT2D eigenvalue weighted by Crippen LogP contribution is 2.21. The van der Waals surface area contributed by atoms with Gasteiger partial charge in [-0.25, -0.2) is 4.79 Å². The van der Waals surface area contributed by atoms with E-state index in [1.807, 2.05) is 0 Å². The Labute approximate surface area is 440 Å². The molecule has 1 aliphatic rings. The third-order valence-electron chi connectivity index (χ3n) is 12.0. The first kappa shape index (κ1) is 64.8. The summed E-state index contributed by atoms with van der Waals surface area (Å²) in [4.78, 5) is 138. The Morgan fingerprint density at radius 2 is 1.42 bits per heavy atom. The normalized spacial score (nSPS) is 16.0. The van der Waals surface area contributed by atoms with Crippen LogP contribution in [-0.4, -0.2) is 174 Å². The van der Waals surface area contributed by atoms with Crippen LogP contribution in [-0.2, 0) is 49.6 Å². The largest absolute Gasteiger partial charge is 0.477 e. The number of hydrogen-bond donors (Lipinski definition) is 17. The molecule has 1 saturated heterocycles. The first-order valence-electron chi connectivity index (χ1n) is 25.1. The van der Waals surface area contributed by atoms with Crippen LogP contribution in [0.1, 0.15) is 93.5 Å². The standard InChI is InChI=1S/C47H79N17O12/c1-26(58-44(73)37(35(65)24-51)63-40(69)29(52)12-2-4-17-48)39(68)57-25-36(66)59-31(14-7-19-50)45(74)64-21-9-16-34(64)43(72)62-33(23-27-10-6-11-28(22-27)38(53)67)42(71)60-30(13-3-5-18-49)41(70)61-32(46(75)76)15-8-20-56-47(54)55/h6,10-11,15,22,26,29-31,33-35,37,65H,2-5,7-9,12-14,16-21,23-25,48-52H2,1H3,(H2,53,67)(H,57,68)(H,58,73)(H,59,66)(H,60,71)(H,61,70)(H,62,72)(H,63,69)(H,75,76)(H4,54,55,56)/b32-15-/t26-,29-,30-,31+,33-,34-,35-,37-/m0/s1. The molecule has 8 atom stereocenters. The maximum atomic E-state index is 14.3. The fraction of sp³-hybridized carbons (Fsp3) is 0.596. The van der Waals surface area contributed by atoms with Crippen molar-refractivity contribution in [1.29, 1.82) is 0 Å². The number of likely N-dealkylation sites (tertiary alicyclic amines) is 1. The molecule has 1 fully saturated rings. The lowest BCUT2D eigenvalue weighted by molar-refractivity contribution is -0.142. The number of hydrogen-bond acceptors (Lipinski definition) is 17. The molecule has 0 bridgehead atoms. The number of amides is 9. The first-order chi connectivity index (χ1) is 36.1. The van der Waals surface area contributed by atoms with E-state index in [0.29, 0.717) is 44.2 Å². The number of benzene rings is 1. The van der Waals surface area contributed by atoms with Crippen molar-refractivity contribution < 1.29 is 58.2 Å². The summed E-state index contributed by atoms with van der Waals surface area (Å²) >= 11 is 0. The second-order valence-corrected chi connectivity index (χ2v) is 18.1. The van der Waals surface area contributed by atoms with Gasteiger partial charge < -0.3 is 98.2 Å². The summed E-state index contributed by atoms with van der Waals surface area (Å²) in [6.45, 7) is 1.01. The van der Waals surface area contributed by atoms with E-state index in [1.54, 1.807) is 6.07 Å². The third-order valence-corrected chi connectivity index (χ3v) is 12.0. The summed E-state index contributed by atoms with van der Waals surface area (Å²) in [5.74, 6) is -9.09. The van der Waals surface area contributed by atoms with Gasteiger partial charge in [0.1, 0.15) is 41.9 Å². The predicted molar refractivity (Wildman–Crippen MR) is 278 cm³/mol. The van der Waals surface area contributed by atoms with Crippen LogP contribution in [0.15, 0.2) is 41.0 Å². The molecule has 1 aromatic rings. The van der Waals surface area contributed by atoms with Crippen LogP contribution in [0.3, 0.4) is 0 Å². The van der Waals surface area contributed by atoms with Crippen molar-refractivity contribution in [2.75, 3.05) is 45.8 Å². The quantitative estimate of drug-likeness (QED) is 0.0130. The number of nitrogens with two attached hydrogens (primary N) is 8. The summed E-state index contributed by atoms with van der Waals surface area (Å²) in [6, 6.07) is -3.18. The van der Waals surface area contributed by atoms with Crippen LogP contribution in [0.5, 0.6) is 0 Å². The smallest absolute Gasteiger partial charge is 0.352 e. The number of aliphatic hydroxyl groups excluding tert-OH is 1. The summed E-state index contributed by atoms with van der Waals surface area (Å²) in [6.07, 6.45) is 2.34. The molecule has 0 aromatic heterocycles. The minimum atomic E-state index is -1.58. The second-order valence-electron chi connectivity index (χ2n) is 18.1. The van der Waals surface area contributed by atoms with E-state index in [0.717, 1.165) is 0 Å². The average molecular weight is 1070 g/mol. The van der Waals surface area contributed by atoms with Crippen LogP contribution in [0.4, 0.5) is 0 Å². The number of carboxylic acids is 1. The number of aliphatic carboxylic acids is 1. The number of rotatable bonds is 35. The van der Waals surface area contributed by atoms with Crippen molar-refractivity contribution in [1.82, 2.24) is 42.1 Å². The van der Waals surface area contributed by atoms with Gasteiger partial charge >= 0.3 is 5.97 Å². The molecule has 424 valence electrons. The summed E-state index contributed by atoms with van der Waals surface area (Å²) < 4.78 is 0. The van der Waals surface area contributed by atoms with Gasteiger partial charge in [0.25, 0.3) is 0 Å². The molecule has 1 aromatic carbocycles. The Balaban J connectivity index is 2.30. The van der Waals surface area contributed by atoms with Crippen molar-refractivity contribution in [2.45, 2.75) is 132 Å². The highest BCUT2D eigenvalue weighted by atomic mass is 16.4. The summed E-state index contributed by atoms with van der Waals surface area (Å²) in [5, 5.41) is 37.5. The molecule has 29 heteroatoms. The fourth-order valence-corrected chi connectivity index (χ4v) is 7.80. The number of guanidine groups is 1. The van der Waals surface area contributed by atoms with Crippen molar-refractivity contribution in [2.24, 2.45) is 50.9 Å². The van der Waals surface area contributed by atoms with E-state index in [4.69, 9.17) is 45.9 Å². The highest BCUT2D eigenvalue weighted by molar-refractivity contribution is 5.99. The molecule has 0 radical (unpaired) electrons. The lowest BCUT2D eigenvalue weighted by atomic mass is 10.0. The summed E-state index contributed by atoms with van der Waals surface area (Å²) in [5.41, 5.74) is 44.6. The second kappa shape index (κ2) is 34.3. The Kier molecular flexibility index (Phi) is 29.2. The molecule has 2 rings (SSSR count).